The predicted molar refractivity (Wildman–Crippen MR) is 132 cm³/mol. The van der Waals surface area contributed by atoms with Gasteiger partial charge in [-0.1, -0.05) is 60.7 Å². The van der Waals surface area contributed by atoms with E-state index in [1.807, 2.05) is 98.8 Å². The number of hydrogen-bond donors (Lipinski definition) is 0. The lowest BCUT2D eigenvalue weighted by atomic mass is 9.90. The molecule has 4 rings (SSSR count). The Morgan fingerprint density at radius 3 is 1.41 bits per heavy atom. The van der Waals surface area contributed by atoms with Gasteiger partial charge in [0.2, 0.25) is 0 Å². The molecule has 0 saturated heterocycles. The van der Waals surface area contributed by atoms with Crippen molar-refractivity contribution in [2.24, 2.45) is 0 Å². The fourth-order valence-electron chi connectivity index (χ4n) is 3.61. The number of carbonyl (C=O) groups excluding carboxylic acids is 1. The highest BCUT2D eigenvalue weighted by atomic mass is 16.5. The first-order valence-electron chi connectivity index (χ1n) is 11.4. The summed E-state index contributed by atoms with van der Waals surface area (Å²) in [6.45, 7) is 4.71. The largest absolute Gasteiger partial charge is 0.487 e. The van der Waals surface area contributed by atoms with Gasteiger partial charge in [0, 0.05) is 0 Å². The van der Waals surface area contributed by atoms with Crippen molar-refractivity contribution in [2.45, 2.75) is 38.9 Å². The van der Waals surface area contributed by atoms with Gasteiger partial charge in [0.05, 0.1) is 35.6 Å². The number of pyridine rings is 2. The summed E-state index contributed by atoms with van der Waals surface area (Å²) < 4.78 is 11.6. The van der Waals surface area contributed by atoms with Crippen LogP contribution in [-0.4, -0.2) is 15.8 Å². The molecular formula is C29H28N2O3. The van der Waals surface area contributed by atoms with Gasteiger partial charge in [0.1, 0.15) is 30.5 Å². The second kappa shape index (κ2) is 11.2. The maximum absolute atomic E-state index is 13.1. The molecule has 0 N–H and O–H groups in total. The number of hydrogen-bond acceptors (Lipinski definition) is 5. The summed E-state index contributed by atoms with van der Waals surface area (Å²) in [5.41, 5.74) is 3.61. The highest BCUT2D eigenvalue weighted by Gasteiger charge is 2.24. The van der Waals surface area contributed by atoms with Gasteiger partial charge in [-0.05, 0) is 49.2 Å². The van der Waals surface area contributed by atoms with Crippen molar-refractivity contribution >= 4 is 5.78 Å². The lowest BCUT2D eigenvalue weighted by Crippen LogP contribution is -2.18. The predicted octanol–water partition coefficient (Wildman–Crippen LogP) is 6.11. The summed E-state index contributed by atoms with van der Waals surface area (Å²) in [6, 6.07) is 27.3. The summed E-state index contributed by atoms with van der Waals surface area (Å²) in [4.78, 5) is 22.0. The molecule has 0 fully saturated rings. The molecule has 2 heterocycles. The van der Waals surface area contributed by atoms with Crippen LogP contribution in [0.2, 0.25) is 0 Å². The van der Waals surface area contributed by atoms with E-state index in [4.69, 9.17) is 9.47 Å². The first-order chi connectivity index (χ1) is 16.6. The molecule has 0 radical (unpaired) electrons. The highest BCUT2D eigenvalue weighted by molar-refractivity contribution is 5.90. The van der Waals surface area contributed by atoms with E-state index in [9.17, 15) is 4.79 Å². The molecule has 0 saturated carbocycles. The van der Waals surface area contributed by atoms with Gasteiger partial charge < -0.3 is 9.47 Å². The van der Waals surface area contributed by atoms with Gasteiger partial charge in [-0.2, -0.15) is 0 Å². The maximum Gasteiger partial charge on any atom is 0.150 e. The summed E-state index contributed by atoms with van der Waals surface area (Å²) in [6.07, 6.45) is 3.34. The molecule has 2 unspecified atom stereocenters. The Bertz CT molecular complexity index is 1080. The summed E-state index contributed by atoms with van der Waals surface area (Å²) in [7, 11) is 0. The van der Waals surface area contributed by atoms with E-state index in [1.54, 1.807) is 12.4 Å². The summed E-state index contributed by atoms with van der Waals surface area (Å²) >= 11 is 0. The Balaban J connectivity index is 1.32. The number of ether oxygens (including phenoxy) is 2. The molecule has 5 nitrogen and oxygen atoms in total. The van der Waals surface area contributed by atoms with Crippen LogP contribution >= 0.6 is 0 Å². The third kappa shape index (κ3) is 6.07. The number of Topliss-reactive ketones (excluding diaryl/α,β-unsaturated/α-hetero) is 1. The summed E-state index contributed by atoms with van der Waals surface area (Å²) in [5, 5.41) is 0. The second-order valence-corrected chi connectivity index (χ2v) is 8.23. The van der Waals surface area contributed by atoms with Crippen LogP contribution in [0.25, 0.3) is 0 Å². The molecule has 172 valence electrons. The molecule has 2 aromatic heterocycles. The lowest BCUT2D eigenvalue weighted by molar-refractivity contribution is -0.121. The normalized spacial score (nSPS) is 12.5. The van der Waals surface area contributed by atoms with Crippen molar-refractivity contribution < 1.29 is 14.3 Å². The van der Waals surface area contributed by atoms with E-state index in [0.29, 0.717) is 36.1 Å². The number of aromatic nitrogens is 2. The van der Waals surface area contributed by atoms with E-state index in [1.165, 1.54) is 0 Å². The number of carbonyl (C=O) groups is 1. The van der Waals surface area contributed by atoms with Crippen LogP contribution in [-0.2, 0) is 18.0 Å². The smallest absolute Gasteiger partial charge is 0.150 e. The van der Waals surface area contributed by atoms with Crippen molar-refractivity contribution in [1.82, 2.24) is 9.97 Å². The molecular weight excluding hydrogens is 424 g/mol. The molecule has 0 aliphatic carbocycles. The maximum atomic E-state index is 13.1. The van der Waals surface area contributed by atoms with E-state index < -0.39 is 0 Å². The van der Waals surface area contributed by atoms with Gasteiger partial charge >= 0.3 is 0 Å². The number of rotatable bonds is 10. The van der Waals surface area contributed by atoms with Crippen molar-refractivity contribution in [3.63, 3.8) is 0 Å². The average molecular weight is 453 g/mol. The van der Waals surface area contributed by atoms with Gasteiger partial charge in [-0.3, -0.25) is 14.8 Å². The molecule has 0 aliphatic heterocycles. The zero-order valence-electron chi connectivity index (χ0n) is 19.4. The molecule has 4 aromatic rings. The Labute approximate surface area is 200 Å². The minimum absolute atomic E-state index is 0.0657. The highest BCUT2D eigenvalue weighted by Crippen LogP contribution is 2.26. The third-order valence-corrected chi connectivity index (χ3v) is 5.76. The minimum Gasteiger partial charge on any atom is -0.487 e. The molecule has 0 aliphatic rings. The molecule has 2 atom stereocenters. The fraction of sp³-hybridized carbons (Fsp3) is 0.207. The van der Waals surface area contributed by atoms with Crippen LogP contribution in [0.4, 0.5) is 0 Å². The second-order valence-electron chi connectivity index (χ2n) is 8.23. The Kier molecular flexibility index (Phi) is 7.66. The Morgan fingerprint density at radius 1 is 0.647 bits per heavy atom. The van der Waals surface area contributed by atoms with E-state index in [2.05, 4.69) is 9.97 Å². The first-order valence-corrected chi connectivity index (χ1v) is 11.4. The van der Waals surface area contributed by atoms with E-state index in [0.717, 1.165) is 11.1 Å². The fourth-order valence-corrected chi connectivity index (χ4v) is 3.61. The molecule has 5 heteroatoms. The standard InChI is InChI=1S/C29H28N2O3/c1-21(27-15-13-25(17-30-27)33-19-23-9-5-3-6-10-23)29(32)22(2)28-16-14-26(18-31-28)34-20-24-11-7-4-8-12-24/h3-18,21-22H,19-20H2,1-2H3. The molecule has 0 spiro atoms. The quantitative estimate of drug-likeness (QED) is 0.290. The monoisotopic (exact) mass is 452 g/mol. The van der Waals surface area contributed by atoms with Crippen molar-refractivity contribution in [1.29, 1.82) is 0 Å². The van der Waals surface area contributed by atoms with Gasteiger partial charge in [0.25, 0.3) is 0 Å². The third-order valence-electron chi connectivity index (χ3n) is 5.76. The minimum atomic E-state index is -0.353. The Morgan fingerprint density at radius 2 is 1.06 bits per heavy atom. The van der Waals surface area contributed by atoms with Crippen molar-refractivity contribution in [3.8, 4) is 11.5 Å². The number of ketones is 1. The average Bonchev–Trinajstić information content (AvgIpc) is 2.91. The summed E-state index contributed by atoms with van der Waals surface area (Å²) in [5.74, 6) is 0.708. The zero-order valence-corrected chi connectivity index (χ0v) is 19.4. The van der Waals surface area contributed by atoms with Crippen LogP contribution in [0.3, 0.4) is 0 Å². The Hall–Kier alpha value is -3.99. The van der Waals surface area contributed by atoms with Crippen molar-refractivity contribution in [3.05, 3.63) is 120 Å². The lowest BCUT2D eigenvalue weighted by Gasteiger charge is -2.16. The van der Waals surface area contributed by atoms with Gasteiger partial charge in [0.15, 0.2) is 0 Å². The van der Waals surface area contributed by atoms with Gasteiger partial charge in [-0.25, -0.2) is 0 Å². The van der Waals surface area contributed by atoms with E-state index in [-0.39, 0.29) is 17.6 Å². The van der Waals surface area contributed by atoms with Gasteiger partial charge in [-0.15, -0.1) is 0 Å². The molecule has 34 heavy (non-hydrogen) atoms. The number of benzene rings is 2. The zero-order chi connectivity index (χ0) is 23.8. The van der Waals surface area contributed by atoms with Crippen LogP contribution in [0, 0.1) is 0 Å². The van der Waals surface area contributed by atoms with Crippen LogP contribution < -0.4 is 9.47 Å². The molecule has 0 amide bonds. The molecule has 2 aromatic carbocycles. The number of nitrogens with zero attached hydrogens (tertiary/aromatic N) is 2. The van der Waals surface area contributed by atoms with E-state index >= 15 is 0 Å². The van der Waals surface area contributed by atoms with Crippen molar-refractivity contribution in [2.75, 3.05) is 0 Å². The van der Waals surface area contributed by atoms with Crippen LogP contribution in [0.15, 0.2) is 97.3 Å². The van der Waals surface area contributed by atoms with Crippen LogP contribution in [0.1, 0.15) is 48.2 Å². The van der Waals surface area contributed by atoms with Crippen LogP contribution in [0.5, 0.6) is 11.5 Å². The SMILES string of the molecule is CC(C(=O)C(C)c1ccc(OCc2ccccc2)cn1)c1ccc(OCc2ccccc2)cn1. The first kappa shape index (κ1) is 23.2. The molecule has 0 bridgehead atoms. The topological polar surface area (TPSA) is 61.3 Å².